The molecule has 1 unspecified atom stereocenters. The summed E-state index contributed by atoms with van der Waals surface area (Å²) in [4.78, 5) is 26.5. The lowest BCUT2D eigenvalue weighted by molar-refractivity contribution is -0.113. The van der Waals surface area contributed by atoms with Crippen LogP contribution in [0.15, 0.2) is 59.8 Å². The number of nitrogens with one attached hydrogen (secondary N) is 1. The number of esters is 1. The summed E-state index contributed by atoms with van der Waals surface area (Å²) in [7, 11) is 3.18. The molecule has 0 radical (unpaired) electrons. The highest BCUT2D eigenvalue weighted by molar-refractivity contribution is 7.99. The van der Waals surface area contributed by atoms with Gasteiger partial charge in [-0.25, -0.2) is 4.79 Å². The van der Waals surface area contributed by atoms with Crippen LogP contribution in [0.2, 0.25) is 0 Å². The van der Waals surface area contributed by atoms with Crippen molar-refractivity contribution < 1.29 is 19.1 Å². The fourth-order valence-electron chi connectivity index (χ4n) is 4.17. The first kappa shape index (κ1) is 28.4. The van der Waals surface area contributed by atoms with Gasteiger partial charge in [-0.15, -0.1) is 21.5 Å². The number of aryl methyl sites for hydroxylation is 1. The number of methoxy groups -OCH3 is 1. The summed E-state index contributed by atoms with van der Waals surface area (Å²) in [5.74, 6) is 1.20. The van der Waals surface area contributed by atoms with Gasteiger partial charge in [0.15, 0.2) is 17.1 Å². The number of hydrogen-bond acceptors (Lipinski definition) is 8. The quantitative estimate of drug-likeness (QED) is 0.171. The van der Waals surface area contributed by atoms with E-state index in [1.165, 1.54) is 35.8 Å². The van der Waals surface area contributed by atoms with Crippen LogP contribution in [0.5, 0.6) is 5.75 Å². The van der Waals surface area contributed by atoms with Crippen molar-refractivity contribution in [1.82, 2.24) is 14.8 Å². The normalized spacial score (nSPS) is 11.9. The van der Waals surface area contributed by atoms with Gasteiger partial charge in [-0.2, -0.15) is 0 Å². The van der Waals surface area contributed by atoms with Crippen molar-refractivity contribution in [2.75, 3.05) is 18.2 Å². The number of thiophene rings is 1. The Morgan fingerprint density at radius 1 is 1.05 bits per heavy atom. The first-order valence-electron chi connectivity index (χ1n) is 12.5. The predicted molar refractivity (Wildman–Crippen MR) is 156 cm³/mol. The molecule has 10 heteroatoms. The van der Waals surface area contributed by atoms with Gasteiger partial charge in [-0.1, -0.05) is 68.1 Å². The van der Waals surface area contributed by atoms with E-state index in [-0.39, 0.29) is 17.8 Å². The number of thioether (sulfide) groups is 1. The number of nitrogens with zero attached hydrogens (tertiary/aromatic N) is 3. The van der Waals surface area contributed by atoms with Crippen LogP contribution in [0.25, 0.3) is 11.1 Å². The fourth-order valence-corrected chi connectivity index (χ4v) is 5.97. The van der Waals surface area contributed by atoms with Crippen molar-refractivity contribution in [3.63, 3.8) is 0 Å². The highest BCUT2D eigenvalue weighted by atomic mass is 32.2. The molecule has 0 saturated carbocycles. The molecule has 1 amide bonds. The third-order valence-electron chi connectivity index (χ3n) is 6.21. The smallest absolute Gasteiger partial charge is 0.341 e. The molecule has 0 fully saturated rings. The summed E-state index contributed by atoms with van der Waals surface area (Å²) in [6, 6.07) is 17.6. The summed E-state index contributed by atoms with van der Waals surface area (Å²) < 4.78 is 12.9. The molecule has 4 aromatic rings. The molecule has 39 heavy (non-hydrogen) atoms. The SMILES string of the molecule is COC(=O)c1c(NC(=O)CSc2nnc(C(C)Oc3ccc(C(C)C)cc3)n2C)sc(C)c1-c1ccccc1. The summed E-state index contributed by atoms with van der Waals surface area (Å²) in [6.45, 7) is 8.14. The zero-order valence-electron chi connectivity index (χ0n) is 22.8. The Morgan fingerprint density at radius 3 is 2.38 bits per heavy atom. The number of aromatic nitrogens is 3. The van der Waals surface area contributed by atoms with E-state index in [2.05, 4.69) is 41.5 Å². The molecule has 2 aromatic carbocycles. The van der Waals surface area contributed by atoms with Crippen molar-refractivity contribution in [1.29, 1.82) is 0 Å². The molecule has 0 saturated heterocycles. The summed E-state index contributed by atoms with van der Waals surface area (Å²) >= 11 is 2.61. The van der Waals surface area contributed by atoms with E-state index in [0.29, 0.717) is 27.5 Å². The molecule has 8 nitrogen and oxygen atoms in total. The van der Waals surface area contributed by atoms with Crippen LogP contribution in [0.4, 0.5) is 5.00 Å². The topological polar surface area (TPSA) is 95.3 Å². The van der Waals surface area contributed by atoms with Gasteiger partial charge in [0.1, 0.15) is 16.3 Å². The minimum Gasteiger partial charge on any atom is -0.483 e. The molecular weight excluding hydrogens is 532 g/mol. The van der Waals surface area contributed by atoms with E-state index in [4.69, 9.17) is 9.47 Å². The molecule has 2 heterocycles. The molecule has 0 aliphatic rings. The largest absolute Gasteiger partial charge is 0.483 e. The summed E-state index contributed by atoms with van der Waals surface area (Å²) in [6.07, 6.45) is -0.330. The van der Waals surface area contributed by atoms with Crippen molar-refractivity contribution >= 4 is 40.0 Å². The van der Waals surface area contributed by atoms with E-state index in [0.717, 1.165) is 21.8 Å². The lowest BCUT2D eigenvalue weighted by atomic mass is 10.0. The third-order valence-corrected chi connectivity index (χ3v) is 8.25. The number of anilines is 1. The van der Waals surface area contributed by atoms with Crippen LogP contribution in [0.3, 0.4) is 0 Å². The highest BCUT2D eigenvalue weighted by Crippen LogP contribution is 2.40. The monoisotopic (exact) mass is 564 g/mol. The van der Waals surface area contributed by atoms with Crippen molar-refractivity contribution in [3.05, 3.63) is 76.4 Å². The standard InChI is InChI=1S/C29H32N4O4S2/c1-17(2)20-12-14-22(15-13-20)37-18(3)26-31-32-29(33(26)5)38-16-23(34)30-27-25(28(35)36-6)24(19(4)39-27)21-10-8-7-9-11-21/h7-15,17-18H,16H2,1-6H3,(H,30,34). The number of ether oxygens (including phenoxy) is 2. The number of hydrogen-bond donors (Lipinski definition) is 1. The van der Waals surface area contributed by atoms with E-state index < -0.39 is 5.97 Å². The third kappa shape index (κ3) is 6.51. The van der Waals surface area contributed by atoms with Crippen LogP contribution in [0.1, 0.15) is 59.4 Å². The number of carbonyl (C=O) groups excluding carboxylic acids is 2. The Hall–Kier alpha value is -3.63. The minimum atomic E-state index is -0.494. The Labute approximate surface area is 236 Å². The molecule has 2 aromatic heterocycles. The number of rotatable bonds is 10. The predicted octanol–water partition coefficient (Wildman–Crippen LogP) is 6.63. The first-order chi connectivity index (χ1) is 18.7. The lowest BCUT2D eigenvalue weighted by Crippen LogP contribution is -2.16. The highest BCUT2D eigenvalue weighted by Gasteiger charge is 2.25. The average Bonchev–Trinajstić information content (AvgIpc) is 3.46. The first-order valence-corrected chi connectivity index (χ1v) is 14.4. The van der Waals surface area contributed by atoms with E-state index in [9.17, 15) is 9.59 Å². The van der Waals surface area contributed by atoms with Gasteiger partial charge >= 0.3 is 5.97 Å². The lowest BCUT2D eigenvalue weighted by Gasteiger charge is -2.15. The van der Waals surface area contributed by atoms with Crippen LogP contribution >= 0.6 is 23.1 Å². The molecule has 0 spiro atoms. The van der Waals surface area contributed by atoms with Gasteiger partial charge in [0.05, 0.1) is 12.9 Å². The second-order valence-electron chi connectivity index (χ2n) is 9.32. The van der Waals surface area contributed by atoms with E-state index >= 15 is 0 Å². The van der Waals surface area contributed by atoms with Gasteiger partial charge in [0.25, 0.3) is 0 Å². The van der Waals surface area contributed by atoms with Crippen molar-refractivity contribution in [2.45, 2.75) is 44.9 Å². The Balaban J connectivity index is 1.43. The van der Waals surface area contributed by atoms with E-state index in [1.54, 1.807) is 0 Å². The number of benzene rings is 2. The van der Waals surface area contributed by atoms with Gasteiger partial charge in [0.2, 0.25) is 5.91 Å². The zero-order valence-corrected chi connectivity index (χ0v) is 24.5. The molecule has 1 atom stereocenters. The second kappa shape index (κ2) is 12.5. The van der Waals surface area contributed by atoms with E-state index in [1.807, 2.05) is 67.9 Å². The van der Waals surface area contributed by atoms with Crippen LogP contribution in [-0.4, -0.2) is 39.5 Å². The number of amides is 1. The molecule has 0 bridgehead atoms. The maximum absolute atomic E-state index is 12.9. The average molecular weight is 565 g/mol. The zero-order chi connectivity index (χ0) is 28.1. The molecule has 1 N–H and O–H groups in total. The van der Waals surface area contributed by atoms with Crippen molar-refractivity contribution in [3.8, 4) is 16.9 Å². The van der Waals surface area contributed by atoms with Crippen LogP contribution in [0, 0.1) is 6.92 Å². The Kier molecular flexibility index (Phi) is 9.08. The molecule has 0 aliphatic carbocycles. The van der Waals surface area contributed by atoms with Gasteiger partial charge in [-0.3, -0.25) is 4.79 Å². The summed E-state index contributed by atoms with van der Waals surface area (Å²) in [5.41, 5.74) is 3.26. The molecular formula is C29H32N4O4S2. The van der Waals surface area contributed by atoms with Gasteiger partial charge < -0.3 is 19.4 Å². The van der Waals surface area contributed by atoms with Crippen molar-refractivity contribution in [2.24, 2.45) is 7.05 Å². The number of carbonyl (C=O) groups is 2. The maximum atomic E-state index is 12.9. The summed E-state index contributed by atoms with van der Waals surface area (Å²) in [5, 5.41) is 12.5. The van der Waals surface area contributed by atoms with Gasteiger partial charge in [-0.05, 0) is 43.0 Å². The molecule has 4 rings (SSSR count). The van der Waals surface area contributed by atoms with Gasteiger partial charge in [0, 0.05) is 17.5 Å². The van der Waals surface area contributed by atoms with Crippen LogP contribution in [-0.2, 0) is 16.6 Å². The Morgan fingerprint density at radius 2 is 1.74 bits per heavy atom. The fraction of sp³-hybridized carbons (Fsp3) is 0.310. The Bertz CT molecular complexity index is 1450. The molecule has 204 valence electrons. The molecule has 0 aliphatic heterocycles. The maximum Gasteiger partial charge on any atom is 0.341 e. The minimum absolute atomic E-state index is 0.0934. The second-order valence-corrected chi connectivity index (χ2v) is 11.5. The van der Waals surface area contributed by atoms with Crippen LogP contribution < -0.4 is 10.1 Å².